The van der Waals surface area contributed by atoms with Crippen LogP contribution in [0.4, 0.5) is 0 Å². The average molecular weight is 375 g/mol. The second-order valence-electron chi connectivity index (χ2n) is 7.40. The molecule has 0 fully saturated rings. The Labute approximate surface area is 165 Å². The van der Waals surface area contributed by atoms with Crippen molar-refractivity contribution in [3.05, 3.63) is 89.6 Å². The van der Waals surface area contributed by atoms with Crippen LogP contribution in [0, 0.1) is 0 Å². The Kier molecular flexibility index (Phi) is 6.06. The third-order valence-electron chi connectivity index (χ3n) is 4.43. The van der Waals surface area contributed by atoms with Crippen LogP contribution in [-0.4, -0.2) is 16.4 Å². The van der Waals surface area contributed by atoms with Gasteiger partial charge in [0.25, 0.3) is 0 Å². The maximum atomic E-state index is 11.1. The molecule has 0 unspecified atom stereocenters. The second kappa shape index (κ2) is 8.67. The molecule has 3 rings (SSSR count). The van der Waals surface area contributed by atoms with E-state index in [9.17, 15) is 4.79 Å². The number of carbonyl (C=O) groups is 1. The number of benzene rings is 2. The standard InChI is InChI=1S/C23H25N3O2/c1-23(2,26-15-18-6-4-3-5-7-18)14-17-8-11-20(12-9-17)28-21-13-10-19(16-25-21)22(24)27/h3-13,16,26H,14-15H2,1-2H3,(H2,24,27). The number of aromatic nitrogens is 1. The number of rotatable bonds is 8. The van der Waals surface area contributed by atoms with Gasteiger partial charge in [0.15, 0.2) is 0 Å². The fourth-order valence-electron chi connectivity index (χ4n) is 2.89. The molecule has 144 valence electrons. The van der Waals surface area contributed by atoms with Crippen molar-refractivity contribution in [1.29, 1.82) is 0 Å². The number of carbonyl (C=O) groups excluding carboxylic acids is 1. The number of primary amides is 1. The predicted octanol–water partition coefficient (Wildman–Crippen LogP) is 4.08. The minimum absolute atomic E-state index is 0.0373. The number of pyridine rings is 1. The van der Waals surface area contributed by atoms with Gasteiger partial charge in [-0.2, -0.15) is 0 Å². The molecule has 5 heteroatoms. The van der Waals surface area contributed by atoms with Crippen LogP contribution in [0.1, 0.15) is 35.3 Å². The Balaban J connectivity index is 1.56. The van der Waals surface area contributed by atoms with Gasteiger partial charge in [0, 0.05) is 24.3 Å². The van der Waals surface area contributed by atoms with Crippen LogP contribution < -0.4 is 15.8 Å². The van der Waals surface area contributed by atoms with Gasteiger partial charge in [-0.15, -0.1) is 0 Å². The molecule has 0 saturated carbocycles. The molecule has 2 aromatic carbocycles. The van der Waals surface area contributed by atoms with E-state index in [1.54, 1.807) is 12.1 Å². The van der Waals surface area contributed by atoms with E-state index in [-0.39, 0.29) is 5.54 Å². The monoisotopic (exact) mass is 375 g/mol. The summed E-state index contributed by atoms with van der Waals surface area (Å²) < 4.78 is 5.72. The van der Waals surface area contributed by atoms with Gasteiger partial charge in [-0.3, -0.25) is 4.79 Å². The molecule has 0 aliphatic rings. The third-order valence-corrected chi connectivity index (χ3v) is 4.43. The minimum Gasteiger partial charge on any atom is -0.439 e. The van der Waals surface area contributed by atoms with Crippen molar-refractivity contribution in [3.63, 3.8) is 0 Å². The molecule has 28 heavy (non-hydrogen) atoms. The summed E-state index contributed by atoms with van der Waals surface area (Å²) in [7, 11) is 0. The van der Waals surface area contributed by atoms with Crippen molar-refractivity contribution >= 4 is 5.91 Å². The molecule has 0 bridgehead atoms. The summed E-state index contributed by atoms with van der Waals surface area (Å²) in [5.41, 5.74) is 8.02. The van der Waals surface area contributed by atoms with Gasteiger partial charge in [0.05, 0.1) is 5.56 Å². The molecule has 3 aromatic rings. The summed E-state index contributed by atoms with van der Waals surface area (Å²) in [4.78, 5) is 15.2. The largest absolute Gasteiger partial charge is 0.439 e. The summed E-state index contributed by atoms with van der Waals surface area (Å²) in [6.45, 7) is 5.23. The van der Waals surface area contributed by atoms with Crippen LogP contribution in [-0.2, 0) is 13.0 Å². The first-order valence-electron chi connectivity index (χ1n) is 9.23. The molecule has 1 amide bonds. The van der Waals surface area contributed by atoms with Gasteiger partial charge in [-0.05, 0) is 49.6 Å². The van der Waals surface area contributed by atoms with E-state index in [1.807, 2.05) is 18.2 Å². The van der Waals surface area contributed by atoms with Crippen molar-refractivity contribution in [1.82, 2.24) is 10.3 Å². The van der Waals surface area contributed by atoms with Crippen molar-refractivity contribution in [2.75, 3.05) is 0 Å². The summed E-state index contributed by atoms with van der Waals surface area (Å²) >= 11 is 0. The van der Waals surface area contributed by atoms with E-state index in [1.165, 1.54) is 17.3 Å². The van der Waals surface area contributed by atoms with Crippen molar-refractivity contribution in [3.8, 4) is 11.6 Å². The van der Waals surface area contributed by atoms with E-state index in [0.29, 0.717) is 17.2 Å². The van der Waals surface area contributed by atoms with E-state index in [2.05, 4.69) is 60.5 Å². The van der Waals surface area contributed by atoms with Gasteiger partial charge in [0.1, 0.15) is 5.75 Å². The highest BCUT2D eigenvalue weighted by Crippen LogP contribution is 2.22. The first kappa shape index (κ1) is 19.6. The Morgan fingerprint density at radius 2 is 1.71 bits per heavy atom. The number of nitrogens with zero attached hydrogens (tertiary/aromatic N) is 1. The molecule has 0 atom stereocenters. The molecule has 1 aromatic heterocycles. The van der Waals surface area contributed by atoms with E-state index >= 15 is 0 Å². The van der Waals surface area contributed by atoms with Crippen LogP contribution in [0.2, 0.25) is 0 Å². The van der Waals surface area contributed by atoms with Crippen LogP contribution in [0.25, 0.3) is 0 Å². The quantitative estimate of drug-likeness (QED) is 0.622. The van der Waals surface area contributed by atoms with Gasteiger partial charge in [0.2, 0.25) is 11.8 Å². The molecule has 3 N–H and O–H groups in total. The first-order valence-corrected chi connectivity index (χ1v) is 9.23. The maximum absolute atomic E-state index is 11.1. The lowest BCUT2D eigenvalue weighted by molar-refractivity contribution is 0.1000. The molecule has 0 aliphatic carbocycles. The number of amides is 1. The molecule has 1 heterocycles. The fraction of sp³-hybridized carbons (Fsp3) is 0.217. The highest BCUT2D eigenvalue weighted by Gasteiger charge is 2.17. The lowest BCUT2D eigenvalue weighted by atomic mass is 9.94. The molecular weight excluding hydrogens is 350 g/mol. The van der Waals surface area contributed by atoms with Gasteiger partial charge in [-0.25, -0.2) is 4.98 Å². The average Bonchev–Trinajstić information content (AvgIpc) is 2.69. The van der Waals surface area contributed by atoms with Crippen LogP contribution >= 0.6 is 0 Å². The van der Waals surface area contributed by atoms with E-state index in [4.69, 9.17) is 10.5 Å². The molecule has 0 spiro atoms. The molecule has 0 radical (unpaired) electrons. The van der Waals surface area contributed by atoms with E-state index < -0.39 is 5.91 Å². The zero-order valence-electron chi connectivity index (χ0n) is 16.2. The normalized spacial score (nSPS) is 11.2. The smallest absolute Gasteiger partial charge is 0.250 e. The second-order valence-corrected chi connectivity index (χ2v) is 7.40. The third kappa shape index (κ3) is 5.66. The SMILES string of the molecule is CC(C)(Cc1ccc(Oc2ccc(C(N)=O)cn2)cc1)NCc1ccccc1. The Bertz CT molecular complexity index is 905. The van der Waals surface area contributed by atoms with Crippen LogP contribution in [0.5, 0.6) is 11.6 Å². The zero-order chi connectivity index (χ0) is 20.0. The summed E-state index contributed by atoms with van der Waals surface area (Å²) in [5, 5.41) is 3.61. The zero-order valence-corrected chi connectivity index (χ0v) is 16.2. The van der Waals surface area contributed by atoms with E-state index in [0.717, 1.165) is 13.0 Å². The lowest BCUT2D eigenvalue weighted by Gasteiger charge is -2.27. The van der Waals surface area contributed by atoms with Gasteiger partial charge in [-0.1, -0.05) is 42.5 Å². The summed E-state index contributed by atoms with van der Waals surface area (Å²) in [6.07, 6.45) is 2.30. The van der Waals surface area contributed by atoms with Gasteiger partial charge < -0.3 is 15.8 Å². The van der Waals surface area contributed by atoms with Crippen molar-refractivity contribution in [2.24, 2.45) is 5.73 Å². The van der Waals surface area contributed by atoms with Crippen LogP contribution in [0.15, 0.2) is 72.9 Å². The van der Waals surface area contributed by atoms with Crippen LogP contribution in [0.3, 0.4) is 0 Å². The summed E-state index contributed by atoms with van der Waals surface area (Å²) in [5.74, 6) is 0.604. The minimum atomic E-state index is -0.508. The van der Waals surface area contributed by atoms with Crippen molar-refractivity contribution in [2.45, 2.75) is 32.4 Å². The fourth-order valence-corrected chi connectivity index (χ4v) is 2.89. The number of nitrogens with one attached hydrogen (secondary N) is 1. The molecular formula is C23H25N3O2. The summed E-state index contributed by atoms with van der Waals surface area (Å²) in [6, 6.07) is 21.6. The number of hydrogen-bond donors (Lipinski definition) is 2. The van der Waals surface area contributed by atoms with Gasteiger partial charge >= 0.3 is 0 Å². The molecule has 0 aliphatic heterocycles. The molecule has 5 nitrogen and oxygen atoms in total. The Morgan fingerprint density at radius 3 is 2.32 bits per heavy atom. The molecule has 0 saturated heterocycles. The Morgan fingerprint density at radius 1 is 1.00 bits per heavy atom. The maximum Gasteiger partial charge on any atom is 0.250 e. The number of ether oxygens (including phenoxy) is 1. The predicted molar refractivity (Wildman–Crippen MR) is 110 cm³/mol. The highest BCUT2D eigenvalue weighted by atomic mass is 16.5. The number of hydrogen-bond acceptors (Lipinski definition) is 4. The first-order chi connectivity index (χ1) is 13.4. The Hall–Kier alpha value is -3.18. The topological polar surface area (TPSA) is 77.2 Å². The number of nitrogens with two attached hydrogens (primary N) is 1. The van der Waals surface area contributed by atoms with Crippen molar-refractivity contribution < 1.29 is 9.53 Å². The lowest BCUT2D eigenvalue weighted by Crippen LogP contribution is -2.40. The highest BCUT2D eigenvalue weighted by molar-refractivity contribution is 5.92.